The van der Waals surface area contributed by atoms with Crippen LogP contribution in [0.1, 0.15) is 15.9 Å². The third-order valence-electron chi connectivity index (χ3n) is 5.55. The lowest BCUT2D eigenvalue weighted by molar-refractivity contribution is -0.277. The van der Waals surface area contributed by atoms with Gasteiger partial charge in [0.15, 0.2) is 17.3 Å². The van der Waals surface area contributed by atoms with Gasteiger partial charge in [0.2, 0.25) is 17.8 Å². The van der Waals surface area contributed by atoms with Gasteiger partial charge in [0.1, 0.15) is 41.5 Å². The van der Waals surface area contributed by atoms with Crippen LogP contribution in [0, 0.1) is 0 Å². The van der Waals surface area contributed by atoms with E-state index in [1.165, 1.54) is 20.3 Å². The minimum atomic E-state index is -1.72. The van der Waals surface area contributed by atoms with Gasteiger partial charge in [-0.3, -0.25) is 4.79 Å². The number of aliphatic hydroxyl groups is 4. The van der Waals surface area contributed by atoms with Crippen LogP contribution in [-0.2, 0) is 4.74 Å². The number of aliphatic hydroxyl groups excluding tert-OH is 4. The number of carbonyl (C=O) groups excluding carboxylic acids is 1. The topological polar surface area (TPSA) is 164 Å². The highest BCUT2D eigenvalue weighted by Gasteiger charge is 2.46. The summed E-state index contributed by atoms with van der Waals surface area (Å²) >= 11 is 0. The molecule has 5 atom stereocenters. The van der Waals surface area contributed by atoms with E-state index in [0.29, 0.717) is 11.3 Å². The van der Waals surface area contributed by atoms with Gasteiger partial charge in [-0.1, -0.05) is 12.1 Å². The summed E-state index contributed by atoms with van der Waals surface area (Å²) in [5, 5.41) is 50.1. The molecule has 11 heteroatoms. The number of carbonyl (C=O) groups is 1. The Morgan fingerprint density at radius 1 is 1.03 bits per heavy atom. The molecule has 2 aliphatic heterocycles. The van der Waals surface area contributed by atoms with Gasteiger partial charge in [0, 0.05) is 6.07 Å². The molecule has 0 aromatic heterocycles. The molecule has 0 radical (unpaired) electrons. The maximum absolute atomic E-state index is 13.2. The average Bonchev–Trinajstić information content (AvgIpc) is 3.15. The van der Waals surface area contributed by atoms with Crippen LogP contribution in [0.5, 0.6) is 28.7 Å². The number of phenols is 1. The zero-order chi connectivity index (χ0) is 24.6. The minimum Gasteiger partial charge on any atom is -0.504 e. The van der Waals surface area contributed by atoms with Crippen molar-refractivity contribution in [1.82, 2.24) is 0 Å². The van der Waals surface area contributed by atoms with E-state index in [1.54, 1.807) is 24.3 Å². The van der Waals surface area contributed by atoms with Crippen LogP contribution in [0.25, 0.3) is 6.08 Å². The first kappa shape index (κ1) is 23.8. The Balaban J connectivity index is 1.70. The molecule has 2 aromatic carbocycles. The van der Waals surface area contributed by atoms with Gasteiger partial charge < -0.3 is 49.2 Å². The molecule has 0 saturated carbocycles. The molecule has 2 aliphatic rings. The quantitative estimate of drug-likeness (QED) is 0.362. The van der Waals surface area contributed by atoms with Gasteiger partial charge in [0.25, 0.3) is 0 Å². The molecular formula is C23H24O11. The van der Waals surface area contributed by atoms with Gasteiger partial charge in [0.05, 0.1) is 20.8 Å². The molecular weight excluding hydrogens is 452 g/mol. The van der Waals surface area contributed by atoms with Crippen molar-refractivity contribution in [2.24, 2.45) is 0 Å². The summed E-state index contributed by atoms with van der Waals surface area (Å²) in [7, 11) is 2.82. The molecule has 4 rings (SSSR count). The Kier molecular flexibility index (Phi) is 6.64. The number of Topliss-reactive ketones (excluding diaryl/α,β-unsaturated/α-hetero) is 1. The van der Waals surface area contributed by atoms with Crippen molar-refractivity contribution in [3.05, 3.63) is 47.2 Å². The lowest BCUT2D eigenvalue weighted by Crippen LogP contribution is -2.60. The Bertz CT molecular complexity index is 1090. The van der Waals surface area contributed by atoms with E-state index in [-0.39, 0.29) is 28.6 Å². The summed E-state index contributed by atoms with van der Waals surface area (Å²) in [6.07, 6.45) is -6.30. The third kappa shape index (κ3) is 4.15. The van der Waals surface area contributed by atoms with Crippen molar-refractivity contribution in [3.8, 4) is 28.7 Å². The smallest absolute Gasteiger partial charge is 0.235 e. The molecule has 0 amide bonds. The van der Waals surface area contributed by atoms with E-state index in [0.717, 1.165) is 6.07 Å². The zero-order valence-corrected chi connectivity index (χ0v) is 18.2. The second kappa shape index (κ2) is 9.49. The van der Waals surface area contributed by atoms with Crippen molar-refractivity contribution in [2.45, 2.75) is 30.7 Å². The maximum atomic E-state index is 13.2. The highest BCUT2D eigenvalue weighted by atomic mass is 16.7. The number of rotatable bonds is 6. The van der Waals surface area contributed by atoms with Crippen molar-refractivity contribution >= 4 is 11.9 Å². The molecule has 1 saturated heterocycles. The Morgan fingerprint density at radius 3 is 2.35 bits per heavy atom. The van der Waals surface area contributed by atoms with Gasteiger partial charge in [-0.2, -0.15) is 0 Å². The fourth-order valence-electron chi connectivity index (χ4n) is 3.72. The summed E-state index contributed by atoms with van der Waals surface area (Å²) < 4.78 is 27.0. The number of allylic oxidation sites excluding steroid dienone is 1. The summed E-state index contributed by atoms with van der Waals surface area (Å²) in [6, 6.07) is 7.92. The first-order valence-electron chi connectivity index (χ1n) is 10.3. The second-order valence-corrected chi connectivity index (χ2v) is 7.66. The molecule has 0 spiro atoms. The molecule has 0 bridgehead atoms. The number of hydrogen-bond donors (Lipinski definition) is 5. The van der Waals surface area contributed by atoms with Crippen LogP contribution in [0.2, 0.25) is 0 Å². The van der Waals surface area contributed by atoms with Gasteiger partial charge in [-0.05, 0) is 23.8 Å². The van der Waals surface area contributed by atoms with Gasteiger partial charge in [-0.15, -0.1) is 0 Å². The van der Waals surface area contributed by atoms with Crippen LogP contribution in [0.3, 0.4) is 0 Å². The molecule has 5 N–H and O–H groups in total. The number of methoxy groups -OCH3 is 2. The Morgan fingerprint density at radius 2 is 1.74 bits per heavy atom. The predicted octanol–water partition coefficient (Wildman–Crippen LogP) is 0.204. The molecule has 2 heterocycles. The van der Waals surface area contributed by atoms with Gasteiger partial charge in [-0.25, -0.2) is 0 Å². The van der Waals surface area contributed by atoms with Crippen LogP contribution < -0.4 is 18.9 Å². The maximum Gasteiger partial charge on any atom is 0.235 e. The predicted molar refractivity (Wildman–Crippen MR) is 115 cm³/mol. The largest absolute Gasteiger partial charge is 0.504 e. The number of hydrogen-bond acceptors (Lipinski definition) is 11. The third-order valence-corrected chi connectivity index (χ3v) is 5.55. The number of aromatic hydroxyl groups is 1. The van der Waals surface area contributed by atoms with E-state index in [4.69, 9.17) is 23.7 Å². The fourth-order valence-corrected chi connectivity index (χ4v) is 3.72. The molecule has 34 heavy (non-hydrogen) atoms. The van der Waals surface area contributed by atoms with E-state index in [2.05, 4.69) is 0 Å². The van der Waals surface area contributed by atoms with Crippen molar-refractivity contribution < 1.29 is 54.0 Å². The number of benzene rings is 2. The first-order valence-corrected chi connectivity index (χ1v) is 10.3. The first-order chi connectivity index (χ1) is 16.3. The van der Waals surface area contributed by atoms with E-state index in [9.17, 15) is 30.3 Å². The van der Waals surface area contributed by atoms with E-state index >= 15 is 0 Å². The lowest BCUT2D eigenvalue weighted by Gasteiger charge is -2.39. The summed E-state index contributed by atoms with van der Waals surface area (Å²) in [4.78, 5) is 13.2. The number of ether oxygens (including phenoxy) is 5. The van der Waals surface area contributed by atoms with Crippen molar-refractivity contribution in [1.29, 1.82) is 0 Å². The summed E-state index contributed by atoms with van der Waals surface area (Å²) in [6.45, 7) is -0.659. The van der Waals surface area contributed by atoms with Crippen LogP contribution >= 0.6 is 0 Å². The Hall–Kier alpha value is -3.35. The zero-order valence-electron chi connectivity index (χ0n) is 18.2. The number of phenolic OH excluding ortho intramolecular Hbond substituents is 1. The second-order valence-electron chi connectivity index (χ2n) is 7.66. The minimum absolute atomic E-state index is 0.0808. The van der Waals surface area contributed by atoms with Gasteiger partial charge >= 0.3 is 0 Å². The average molecular weight is 476 g/mol. The molecule has 182 valence electrons. The standard InChI is InChI=1S/C23H24O11/c1-30-11-5-3-10(4-6-11)7-14-17(26)16-13(8-12(25)21(31-2)22(16)32-14)33-23-20(29)19(28)18(27)15(9-24)34-23/h3-8,15,18-20,23-25,27-29H,9H2,1-2H3. The Labute approximate surface area is 194 Å². The number of fused-ring (bicyclic) bond motifs is 1. The molecule has 11 nitrogen and oxygen atoms in total. The normalized spacial score (nSPS) is 27.3. The van der Waals surface area contributed by atoms with E-state index in [1.807, 2.05) is 0 Å². The highest BCUT2D eigenvalue weighted by molar-refractivity contribution is 6.17. The fraction of sp³-hybridized carbons (Fsp3) is 0.348. The van der Waals surface area contributed by atoms with Crippen molar-refractivity contribution in [3.63, 3.8) is 0 Å². The summed E-state index contributed by atoms with van der Waals surface area (Å²) in [5.41, 5.74) is 0.530. The molecule has 5 unspecified atom stereocenters. The number of ketones is 1. The molecule has 0 aliphatic carbocycles. The highest BCUT2D eigenvalue weighted by Crippen LogP contribution is 2.50. The molecule has 2 aromatic rings. The van der Waals surface area contributed by atoms with Crippen LogP contribution in [0.4, 0.5) is 0 Å². The van der Waals surface area contributed by atoms with Crippen molar-refractivity contribution in [2.75, 3.05) is 20.8 Å². The monoisotopic (exact) mass is 476 g/mol. The molecule has 1 fully saturated rings. The van der Waals surface area contributed by atoms with Crippen LogP contribution in [0.15, 0.2) is 36.1 Å². The lowest BCUT2D eigenvalue weighted by atomic mass is 9.99. The SMILES string of the molecule is COc1ccc(C=C2Oc3c(OC)c(O)cc(OC4OC(CO)C(O)C(O)C4O)c3C2=O)cc1. The van der Waals surface area contributed by atoms with E-state index < -0.39 is 48.8 Å². The summed E-state index contributed by atoms with van der Waals surface area (Å²) in [5.74, 6) is -0.896. The van der Waals surface area contributed by atoms with Crippen LogP contribution in [-0.4, -0.2) is 82.8 Å².